The van der Waals surface area contributed by atoms with Crippen LogP contribution in [-0.4, -0.2) is 11.1 Å². The topological polar surface area (TPSA) is 61.1 Å². The average molecular weight is 137 g/mol. The predicted octanol–water partition coefficient (Wildman–Crippen LogP) is 1.10. The zero-order chi connectivity index (χ0) is 7.98. The summed E-state index contributed by atoms with van der Waals surface area (Å²) < 4.78 is 0. The highest BCUT2D eigenvalue weighted by Crippen LogP contribution is 1.97. The van der Waals surface area contributed by atoms with Gasteiger partial charge in [0.05, 0.1) is 6.07 Å². The Kier molecular flexibility index (Phi) is 3.66. The lowest BCUT2D eigenvalue weighted by Crippen LogP contribution is -1.96. The number of nitriles is 1. The summed E-state index contributed by atoms with van der Waals surface area (Å²) >= 11 is 0. The molecule has 0 aromatic rings. The zero-order valence-electron chi connectivity index (χ0n) is 5.37. The molecule has 10 heavy (non-hydrogen) atoms. The Hall–Kier alpha value is -1.56. The molecule has 0 aromatic carbocycles. The quantitative estimate of drug-likeness (QED) is 0.468. The van der Waals surface area contributed by atoms with Gasteiger partial charge in [0.1, 0.15) is 0 Å². The van der Waals surface area contributed by atoms with Crippen molar-refractivity contribution >= 4 is 5.97 Å². The molecule has 0 amide bonds. The molecule has 52 valence electrons. The molecule has 0 radical (unpaired) electrons. The van der Waals surface area contributed by atoms with Crippen LogP contribution in [0, 0.1) is 11.3 Å². The summed E-state index contributed by atoms with van der Waals surface area (Å²) in [5.41, 5.74) is 0.0894. The van der Waals surface area contributed by atoms with Gasteiger partial charge in [0.25, 0.3) is 0 Å². The van der Waals surface area contributed by atoms with E-state index in [9.17, 15) is 4.79 Å². The summed E-state index contributed by atoms with van der Waals surface area (Å²) in [5, 5.41) is 16.3. The lowest BCUT2D eigenvalue weighted by molar-refractivity contribution is -0.132. The largest absolute Gasteiger partial charge is 0.478 e. The first-order chi connectivity index (χ1) is 4.68. The first-order valence-electron chi connectivity index (χ1n) is 2.64. The van der Waals surface area contributed by atoms with Gasteiger partial charge < -0.3 is 5.11 Å². The molecule has 3 nitrogen and oxygen atoms in total. The van der Waals surface area contributed by atoms with Gasteiger partial charge in [0.2, 0.25) is 0 Å². The number of rotatable bonds is 3. The van der Waals surface area contributed by atoms with Crippen LogP contribution in [0.25, 0.3) is 0 Å². The van der Waals surface area contributed by atoms with Gasteiger partial charge in [-0.25, -0.2) is 4.79 Å². The number of hydrogen-bond acceptors (Lipinski definition) is 2. The van der Waals surface area contributed by atoms with E-state index in [0.29, 0.717) is 0 Å². The van der Waals surface area contributed by atoms with Crippen molar-refractivity contribution in [1.29, 1.82) is 5.26 Å². The molecule has 0 aliphatic carbocycles. The molecular weight excluding hydrogens is 130 g/mol. The van der Waals surface area contributed by atoms with Gasteiger partial charge in [-0.2, -0.15) is 5.26 Å². The number of hydrogen-bond donors (Lipinski definition) is 1. The number of allylic oxidation sites excluding steroid dienone is 2. The Morgan fingerprint density at radius 2 is 2.40 bits per heavy atom. The van der Waals surface area contributed by atoms with Crippen LogP contribution in [0.15, 0.2) is 24.3 Å². The van der Waals surface area contributed by atoms with Crippen molar-refractivity contribution in [2.45, 2.75) is 6.42 Å². The fourth-order valence-electron chi connectivity index (χ4n) is 0.341. The van der Waals surface area contributed by atoms with Crippen molar-refractivity contribution in [3.63, 3.8) is 0 Å². The minimum atomic E-state index is -1.03. The first kappa shape index (κ1) is 8.44. The van der Waals surface area contributed by atoms with Gasteiger partial charge in [-0.15, -0.1) is 0 Å². The highest BCUT2D eigenvalue weighted by Gasteiger charge is 1.98. The molecular formula is C7H7NO2. The SMILES string of the molecule is C=C(CC=CC#N)C(=O)O. The Balaban J connectivity index is 3.73. The Bertz CT molecular complexity index is 210. The molecule has 0 aliphatic heterocycles. The standard InChI is InChI=1S/C7H7NO2/c1-6(7(9)10)4-2-3-5-8/h2-3H,1,4H2,(H,9,10). The molecule has 1 N–H and O–H groups in total. The predicted molar refractivity (Wildman–Crippen MR) is 36.1 cm³/mol. The molecule has 0 fully saturated rings. The van der Waals surface area contributed by atoms with Crippen LogP contribution in [0.5, 0.6) is 0 Å². The number of nitrogens with zero attached hydrogens (tertiary/aromatic N) is 1. The molecule has 0 spiro atoms. The third-order valence-electron chi connectivity index (χ3n) is 0.859. The fraction of sp³-hybridized carbons (Fsp3) is 0.143. The molecule has 0 aromatic heterocycles. The van der Waals surface area contributed by atoms with Crippen LogP contribution in [0.4, 0.5) is 0 Å². The summed E-state index contributed by atoms with van der Waals surface area (Å²) in [6.07, 6.45) is 2.91. The third-order valence-corrected chi connectivity index (χ3v) is 0.859. The molecule has 0 bridgehead atoms. The lowest BCUT2D eigenvalue weighted by atomic mass is 10.2. The maximum Gasteiger partial charge on any atom is 0.331 e. The molecule has 0 saturated carbocycles. The molecule has 0 unspecified atom stereocenters. The van der Waals surface area contributed by atoms with Gasteiger partial charge >= 0.3 is 5.97 Å². The van der Waals surface area contributed by atoms with E-state index in [1.807, 2.05) is 0 Å². The summed E-state index contributed by atoms with van der Waals surface area (Å²) in [5.74, 6) is -1.03. The van der Waals surface area contributed by atoms with Crippen LogP contribution in [-0.2, 0) is 4.79 Å². The number of carboxylic acid groups (broad SMARTS) is 1. The van der Waals surface area contributed by atoms with E-state index in [1.165, 1.54) is 12.2 Å². The van der Waals surface area contributed by atoms with Crippen molar-refractivity contribution in [2.24, 2.45) is 0 Å². The summed E-state index contributed by atoms with van der Waals surface area (Å²) in [4.78, 5) is 10.1. The summed E-state index contributed by atoms with van der Waals surface area (Å²) in [7, 11) is 0. The lowest BCUT2D eigenvalue weighted by Gasteiger charge is -1.89. The second kappa shape index (κ2) is 4.33. The fourth-order valence-corrected chi connectivity index (χ4v) is 0.341. The van der Waals surface area contributed by atoms with Gasteiger partial charge in [-0.1, -0.05) is 12.7 Å². The van der Waals surface area contributed by atoms with Crippen molar-refractivity contribution in [2.75, 3.05) is 0 Å². The molecule has 0 atom stereocenters. The second-order valence-electron chi connectivity index (χ2n) is 1.64. The summed E-state index contributed by atoms with van der Waals surface area (Å²) in [6, 6.07) is 1.75. The van der Waals surface area contributed by atoms with Crippen molar-refractivity contribution in [1.82, 2.24) is 0 Å². The Labute approximate surface area is 58.9 Å². The van der Waals surface area contributed by atoms with Crippen LogP contribution in [0.2, 0.25) is 0 Å². The van der Waals surface area contributed by atoms with Gasteiger partial charge in [-0.3, -0.25) is 0 Å². The van der Waals surface area contributed by atoms with E-state index in [0.717, 1.165) is 0 Å². The Morgan fingerprint density at radius 1 is 1.80 bits per heavy atom. The first-order valence-corrected chi connectivity index (χ1v) is 2.64. The number of aliphatic carboxylic acids is 1. The molecule has 0 heterocycles. The summed E-state index contributed by atoms with van der Waals surface area (Å²) in [6.45, 7) is 3.27. The minimum Gasteiger partial charge on any atom is -0.478 e. The van der Waals surface area contributed by atoms with E-state index in [4.69, 9.17) is 10.4 Å². The third kappa shape index (κ3) is 3.44. The maximum atomic E-state index is 10.1. The maximum absolute atomic E-state index is 10.1. The van der Waals surface area contributed by atoms with E-state index in [-0.39, 0.29) is 12.0 Å². The molecule has 0 saturated heterocycles. The van der Waals surface area contributed by atoms with Crippen LogP contribution in [0.3, 0.4) is 0 Å². The number of carboxylic acids is 1. The normalized spacial score (nSPS) is 9.10. The zero-order valence-corrected chi connectivity index (χ0v) is 5.37. The van der Waals surface area contributed by atoms with E-state index in [2.05, 4.69) is 6.58 Å². The van der Waals surface area contributed by atoms with Gasteiger partial charge in [-0.05, 0) is 6.42 Å². The van der Waals surface area contributed by atoms with Crippen molar-refractivity contribution in [3.05, 3.63) is 24.3 Å². The van der Waals surface area contributed by atoms with Crippen molar-refractivity contribution < 1.29 is 9.90 Å². The smallest absolute Gasteiger partial charge is 0.331 e. The van der Waals surface area contributed by atoms with E-state index in [1.54, 1.807) is 6.07 Å². The van der Waals surface area contributed by atoms with Gasteiger partial charge in [0, 0.05) is 11.6 Å². The highest BCUT2D eigenvalue weighted by molar-refractivity contribution is 5.86. The van der Waals surface area contributed by atoms with Crippen LogP contribution in [0.1, 0.15) is 6.42 Å². The van der Waals surface area contributed by atoms with Gasteiger partial charge in [0.15, 0.2) is 0 Å². The van der Waals surface area contributed by atoms with Crippen molar-refractivity contribution in [3.8, 4) is 6.07 Å². The monoisotopic (exact) mass is 137 g/mol. The molecule has 0 rings (SSSR count). The van der Waals surface area contributed by atoms with E-state index < -0.39 is 5.97 Å². The molecule has 0 aliphatic rings. The number of carbonyl (C=O) groups is 1. The van der Waals surface area contributed by atoms with Crippen LogP contribution >= 0.6 is 0 Å². The van der Waals surface area contributed by atoms with Crippen LogP contribution < -0.4 is 0 Å². The Morgan fingerprint density at radius 3 is 2.80 bits per heavy atom. The molecule has 3 heteroatoms. The minimum absolute atomic E-state index is 0.0894. The average Bonchev–Trinajstić information content (AvgIpc) is 1.88. The highest BCUT2D eigenvalue weighted by atomic mass is 16.4. The van der Waals surface area contributed by atoms with E-state index >= 15 is 0 Å². The second-order valence-corrected chi connectivity index (χ2v) is 1.64.